The summed E-state index contributed by atoms with van der Waals surface area (Å²) >= 11 is 4.75. The van der Waals surface area contributed by atoms with E-state index in [9.17, 15) is 17.2 Å². The van der Waals surface area contributed by atoms with Crippen molar-refractivity contribution in [3.63, 3.8) is 0 Å². The molecule has 2 aromatic carbocycles. The summed E-state index contributed by atoms with van der Waals surface area (Å²) in [4.78, 5) is 6.90. The zero-order chi connectivity index (χ0) is 21.3. The van der Waals surface area contributed by atoms with Gasteiger partial charge in [0.1, 0.15) is 11.6 Å². The fourth-order valence-corrected chi connectivity index (χ4v) is 6.56. The zero-order valence-electron chi connectivity index (χ0n) is 15.9. The Morgan fingerprint density at radius 3 is 2.30 bits per heavy atom. The van der Waals surface area contributed by atoms with E-state index in [1.165, 1.54) is 23.5 Å². The molecule has 0 radical (unpaired) electrons. The van der Waals surface area contributed by atoms with E-state index in [1.807, 2.05) is 17.0 Å². The van der Waals surface area contributed by atoms with Crippen molar-refractivity contribution < 1.29 is 17.2 Å². The third-order valence-corrected chi connectivity index (χ3v) is 9.04. The Morgan fingerprint density at radius 2 is 1.70 bits per heavy atom. The summed E-state index contributed by atoms with van der Waals surface area (Å²) in [5, 5.41) is 2.74. The maximum absolute atomic E-state index is 13.5. The number of anilines is 1. The molecular weight excluding hydrogens is 494 g/mol. The summed E-state index contributed by atoms with van der Waals surface area (Å²) in [5.74, 6) is -1.29. The number of halogens is 3. The predicted molar refractivity (Wildman–Crippen MR) is 119 cm³/mol. The first kappa shape index (κ1) is 21.4. The average Bonchev–Trinajstić information content (AvgIpc) is 3.23. The van der Waals surface area contributed by atoms with E-state index in [4.69, 9.17) is 0 Å². The fourth-order valence-electron chi connectivity index (χ4n) is 3.56. The van der Waals surface area contributed by atoms with Crippen LogP contribution in [-0.2, 0) is 15.2 Å². The summed E-state index contributed by atoms with van der Waals surface area (Å²) in [5.41, 5.74) is 1.93. The van der Waals surface area contributed by atoms with Crippen molar-refractivity contribution in [2.45, 2.75) is 28.3 Å². The molecule has 1 aliphatic heterocycles. The standard InChI is InChI=1S/C21H19BrF2N2O2S2/c22-12-14-1-3-18(4-2-14)30(27,28)19-5-7-26(8-6-19)21-25-20(13-29-21)15-9-16(23)11-17(24)10-15/h1-4,9-11,13,19H,5-8,12H2. The zero-order valence-corrected chi connectivity index (χ0v) is 19.1. The van der Waals surface area contributed by atoms with E-state index in [2.05, 4.69) is 20.9 Å². The van der Waals surface area contributed by atoms with Crippen molar-refractivity contribution in [2.24, 2.45) is 0 Å². The second-order valence-corrected chi connectivity index (χ2v) is 10.8. The molecule has 0 amide bonds. The molecule has 0 spiro atoms. The highest BCUT2D eigenvalue weighted by Crippen LogP contribution is 2.32. The number of hydrogen-bond donors (Lipinski definition) is 0. The third-order valence-electron chi connectivity index (χ3n) is 5.21. The van der Waals surface area contributed by atoms with Crippen LogP contribution < -0.4 is 4.90 Å². The van der Waals surface area contributed by atoms with Crippen molar-refractivity contribution >= 4 is 42.2 Å². The van der Waals surface area contributed by atoms with Gasteiger partial charge in [-0.25, -0.2) is 22.2 Å². The van der Waals surface area contributed by atoms with Crippen molar-refractivity contribution in [1.82, 2.24) is 4.98 Å². The van der Waals surface area contributed by atoms with Gasteiger partial charge in [0, 0.05) is 35.4 Å². The topological polar surface area (TPSA) is 50.3 Å². The molecule has 1 aromatic heterocycles. The highest BCUT2D eigenvalue weighted by atomic mass is 79.9. The highest BCUT2D eigenvalue weighted by molar-refractivity contribution is 9.08. The van der Waals surface area contributed by atoms with Crippen LogP contribution in [0.1, 0.15) is 18.4 Å². The first-order valence-corrected chi connectivity index (χ1v) is 13.0. The summed E-state index contributed by atoms with van der Waals surface area (Å²) in [6, 6.07) is 10.3. The summed E-state index contributed by atoms with van der Waals surface area (Å²) in [6.45, 7) is 1.13. The van der Waals surface area contributed by atoms with Crippen LogP contribution in [0.3, 0.4) is 0 Å². The van der Waals surface area contributed by atoms with Gasteiger partial charge >= 0.3 is 0 Å². The van der Waals surface area contributed by atoms with Crippen molar-refractivity contribution in [3.8, 4) is 11.3 Å². The lowest BCUT2D eigenvalue weighted by Gasteiger charge is -2.31. The second-order valence-electron chi connectivity index (χ2n) is 7.18. The number of rotatable bonds is 5. The summed E-state index contributed by atoms with van der Waals surface area (Å²) in [7, 11) is -3.38. The number of sulfone groups is 1. The van der Waals surface area contributed by atoms with E-state index in [0.717, 1.165) is 16.8 Å². The number of hydrogen-bond acceptors (Lipinski definition) is 5. The summed E-state index contributed by atoms with van der Waals surface area (Å²) < 4.78 is 52.9. The van der Waals surface area contributed by atoms with Gasteiger partial charge in [0.05, 0.1) is 15.8 Å². The highest BCUT2D eigenvalue weighted by Gasteiger charge is 2.32. The lowest BCUT2D eigenvalue weighted by atomic mass is 10.1. The van der Waals surface area contributed by atoms with E-state index >= 15 is 0 Å². The normalized spacial score (nSPS) is 15.5. The molecule has 4 nitrogen and oxygen atoms in total. The molecule has 30 heavy (non-hydrogen) atoms. The first-order valence-electron chi connectivity index (χ1n) is 9.42. The van der Waals surface area contributed by atoms with Crippen LogP contribution in [0.5, 0.6) is 0 Å². The molecule has 1 saturated heterocycles. The fraction of sp³-hybridized carbons (Fsp3) is 0.286. The van der Waals surface area contributed by atoms with Gasteiger partial charge in [-0.15, -0.1) is 11.3 Å². The monoisotopic (exact) mass is 512 g/mol. The minimum atomic E-state index is -3.38. The smallest absolute Gasteiger partial charge is 0.185 e. The molecule has 2 heterocycles. The SMILES string of the molecule is O=S(=O)(c1ccc(CBr)cc1)C1CCN(c2nc(-c3cc(F)cc(F)c3)cs2)CC1. The Morgan fingerprint density at radius 1 is 1.07 bits per heavy atom. The van der Waals surface area contributed by atoms with Crippen molar-refractivity contribution in [2.75, 3.05) is 18.0 Å². The lowest BCUT2D eigenvalue weighted by molar-refractivity contribution is 0.529. The Labute approximate surface area is 186 Å². The lowest BCUT2D eigenvalue weighted by Crippen LogP contribution is -2.39. The maximum Gasteiger partial charge on any atom is 0.185 e. The Hall–Kier alpha value is -1.84. The number of nitrogens with zero attached hydrogens (tertiary/aromatic N) is 2. The van der Waals surface area contributed by atoms with Gasteiger partial charge in [-0.05, 0) is 42.7 Å². The summed E-state index contributed by atoms with van der Waals surface area (Å²) in [6.07, 6.45) is 1.01. The van der Waals surface area contributed by atoms with E-state index in [1.54, 1.807) is 17.5 Å². The molecule has 0 aliphatic carbocycles. The van der Waals surface area contributed by atoms with E-state index in [-0.39, 0.29) is 0 Å². The predicted octanol–water partition coefficient (Wildman–Crippen LogP) is 5.43. The maximum atomic E-state index is 13.5. The number of alkyl halides is 1. The second kappa shape index (κ2) is 8.72. The van der Waals surface area contributed by atoms with Crippen LogP contribution in [0.4, 0.5) is 13.9 Å². The van der Waals surface area contributed by atoms with Crippen LogP contribution in [0, 0.1) is 11.6 Å². The number of aromatic nitrogens is 1. The van der Waals surface area contributed by atoms with Gasteiger partial charge in [0.15, 0.2) is 15.0 Å². The minimum absolute atomic E-state index is 0.357. The van der Waals surface area contributed by atoms with Gasteiger partial charge in [-0.3, -0.25) is 0 Å². The van der Waals surface area contributed by atoms with E-state index in [0.29, 0.717) is 47.4 Å². The number of thiazole rings is 1. The van der Waals surface area contributed by atoms with Crippen LogP contribution in [-0.4, -0.2) is 31.7 Å². The van der Waals surface area contributed by atoms with Gasteiger partial charge in [-0.1, -0.05) is 28.1 Å². The molecule has 158 valence electrons. The molecule has 0 unspecified atom stereocenters. The Bertz CT molecular complexity index is 1120. The van der Waals surface area contributed by atoms with Crippen LogP contribution in [0.2, 0.25) is 0 Å². The molecular formula is C21H19BrF2N2O2S2. The molecule has 9 heteroatoms. The van der Waals surface area contributed by atoms with Crippen molar-refractivity contribution in [1.29, 1.82) is 0 Å². The Kier molecular flexibility index (Phi) is 6.22. The molecule has 1 aliphatic rings. The third kappa shape index (κ3) is 4.43. The molecule has 0 bridgehead atoms. The molecule has 0 saturated carbocycles. The minimum Gasteiger partial charge on any atom is -0.348 e. The number of benzene rings is 2. The first-order chi connectivity index (χ1) is 14.4. The number of piperidine rings is 1. The molecule has 1 fully saturated rings. The quantitative estimate of drug-likeness (QED) is 0.428. The Balaban J connectivity index is 1.45. The average molecular weight is 513 g/mol. The largest absolute Gasteiger partial charge is 0.348 e. The van der Waals surface area contributed by atoms with Gasteiger partial charge < -0.3 is 4.90 Å². The van der Waals surface area contributed by atoms with Gasteiger partial charge in [-0.2, -0.15) is 0 Å². The van der Waals surface area contributed by atoms with Crippen LogP contribution in [0.25, 0.3) is 11.3 Å². The van der Waals surface area contributed by atoms with Crippen LogP contribution in [0.15, 0.2) is 52.7 Å². The van der Waals surface area contributed by atoms with Gasteiger partial charge in [0.25, 0.3) is 0 Å². The van der Waals surface area contributed by atoms with E-state index < -0.39 is 26.7 Å². The molecule has 0 N–H and O–H groups in total. The van der Waals surface area contributed by atoms with Crippen LogP contribution >= 0.6 is 27.3 Å². The molecule has 3 aromatic rings. The van der Waals surface area contributed by atoms with Crippen molar-refractivity contribution in [3.05, 3.63) is 65.0 Å². The van der Waals surface area contributed by atoms with Gasteiger partial charge in [0.2, 0.25) is 0 Å². The molecule has 0 atom stereocenters. The molecule has 4 rings (SSSR count).